The maximum absolute atomic E-state index is 10.3. The smallest absolute Gasteiger partial charge is 0.189 e. The van der Waals surface area contributed by atoms with Crippen molar-refractivity contribution in [2.45, 2.75) is 6.92 Å². The normalized spacial score (nSPS) is 10.7. The minimum Gasteiger partial charge on any atom is -0.309 e. The van der Waals surface area contributed by atoms with Crippen molar-refractivity contribution < 1.29 is 0 Å². The van der Waals surface area contributed by atoms with Crippen LogP contribution in [-0.4, -0.2) is 9.13 Å². The second-order valence-corrected chi connectivity index (χ2v) is 19.3. The molecule has 368 valence electrons. The van der Waals surface area contributed by atoms with Gasteiger partial charge in [-0.15, -0.1) is 0 Å². The van der Waals surface area contributed by atoms with Crippen LogP contribution in [0.15, 0.2) is 182 Å². The van der Waals surface area contributed by atoms with Crippen LogP contribution < -0.4 is 0 Å². The Bertz CT molecular complexity index is 4800. The molecule has 11 heteroatoms. The first-order chi connectivity index (χ1) is 39.6. The van der Waals surface area contributed by atoms with Gasteiger partial charge >= 0.3 is 0 Å². The molecule has 0 spiro atoms. The Hall–Kier alpha value is -12.8. The summed E-state index contributed by atoms with van der Waals surface area (Å²) in [6, 6.07) is 65.5. The maximum Gasteiger partial charge on any atom is 0.189 e. The molecule has 0 atom stereocenters. The summed E-state index contributed by atoms with van der Waals surface area (Å²) in [6.07, 6.45) is 0. The summed E-state index contributed by atoms with van der Waals surface area (Å²) in [5.74, 6) is 0. The number of nitriles is 4. The fourth-order valence-corrected chi connectivity index (χ4v) is 11.1. The molecule has 0 unspecified atom stereocenters. The van der Waals surface area contributed by atoms with Crippen molar-refractivity contribution in [3.8, 4) is 91.3 Å². The molecule has 0 aliphatic carbocycles. The topological polar surface area (TPSA) is 127 Å². The van der Waals surface area contributed by atoms with Crippen molar-refractivity contribution in [2.24, 2.45) is 0 Å². The number of aromatic nitrogens is 2. The van der Waals surface area contributed by atoms with Gasteiger partial charge in [0.05, 0.1) is 96.1 Å². The second kappa shape index (κ2) is 19.7. The maximum atomic E-state index is 10.3. The molecule has 0 N–H and O–H groups in total. The Morgan fingerprint density at radius 2 is 0.667 bits per heavy atom. The standard InChI is InChI=1S/C70H33N11/c1-41-65(80-66-15-10-46(51-21-43(38-72)24-55(27-51)75-2)32-61(66)62-33-47(11-16-67(62)80)52-22-44(39-73)25-56(28-52)76-3)19-14-60(50-9-7-8-42(20-50)37-71)70(41)81-68-17-12-48(53-23-45(40-74)26-57(29-53)77-4)34-63(68)64-35-49(13-18-69(64)81)54-30-58(78-5)36-59(31-54)79-6/h7-36H,1H3. The number of rotatable bonds is 7. The lowest BCUT2D eigenvalue weighted by Gasteiger charge is -2.21. The van der Waals surface area contributed by atoms with E-state index in [2.05, 4.69) is 101 Å². The van der Waals surface area contributed by atoms with Crippen LogP contribution in [0.2, 0.25) is 0 Å². The quantitative estimate of drug-likeness (QED) is 0.147. The van der Waals surface area contributed by atoms with Gasteiger partial charge in [-0.2, -0.15) is 21.0 Å². The van der Waals surface area contributed by atoms with E-state index in [1.165, 1.54) is 0 Å². The zero-order valence-corrected chi connectivity index (χ0v) is 42.7. The van der Waals surface area contributed by atoms with Crippen LogP contribution in [0.25, 0.3) is 135 Å². The van der Waals surface area contributed by atoms with E-state index in [1.807, 2.05) is 66.7 Å². The molecule has 0 aliphatic rings. The number of hydrogen-bond acceptors (Lipinski definition) is 4. The third-order valence-electron chi connectivity index (χ3n) is 14.7. The van der Waals surface area contributed by atoms with Crippen molar-refractivity contribution in [2.75, 3.05) is 0 Å². The first-order valence-corrected chi connectivity index (χ1v) is 25.1. The summed E-state index contributed by atoms with van der Waals surface area (Å²) in [6.45, 7) is 41.2. The van der Waals surface area contributed by atoms with E-state index in [0.29, 0.717) is 72.9 Å². The van der Waals surface area contributed by atoms with E-state index in [-0.39, 0.29) is 0 Å². The van der Waals surface area contributed by atoms with Crippen molar-refractivity contribution in [1.82, 2.24) is 9.13 Å². The Kier molecular flexibility index (Phi) is 12.0. The highest BCUT2D eigenvalue weighted by atomic mass is 15.0. The van der Waals surface area contributed by atoms with Crippen LogP contribution in [0.4, 0.5) is 28.4 Å². The fourth-order valence-electron chi connectivity index (χ4n) is 11.1. The summed E-state index contributed by atoms with van der Waals surface area (Å²) < 4.78 is 4.46. The highest BCUT2D eigenvalue weighted by molar-refractivity contribution is 6.14. The molecule has 2 aromatic heterocycles. The predicted molar refractivity (Wildman–Crippen MR) is 317 cm³/mol. The van der Waals surface area contributed by atoms with Gasteiger partial charge in [0.25, 0.3) is 0 Å². The molecule has 10 aromatic carbocycles. The predicted octanol–water partition coefficient (Wildman–Crippen LogP) is 18.8. The van der Waals surface area contributed by atoms with Crippen LogP contribution in [0.3, 0.4) is 0 Å². The molecule has 81 heavy (non-hydrogen) atoms. The molecule has 0 saturated heterocycles. The van der Waals surface area contributed by atoms with E-state index in [4.69, 9.17) is 32.9 Å². The molecule has 0 aliphatic heterocycles. The lowest BCUT2D eigenvalue weighted by atomic mass is 9.97. The number of fused-ring (bicyclic) bond motifs is 6. The van der Waals surface area contributed by atoms with Gasteiger partial charge in [-0.05, 0) is 184 Å². The lowest BCUT2D eigenvalue weighted by molar-refractivity contribution is 1.10. The number of nitrogens with zero attached hydrogens (tertiary/aromatic N) is 11. The van der Waals surface area contributed by atoms with E-state index in [1.54, 1.807) is 78.9 Å². The van der Waals surface area contributed by atoms with Gasteiger partial charge in [0, 0.05) is 43.8 Å². The highest BCUT2D eigenvalue weighted by Crippen LogP contribution is 2.46. The van der Waals surface area contributed by atoms with E-state index in [9.17, 15) is 21.0 Å². The van der Waals surface area contributed by atoms with Crippen molar-refractivity contribution in [3.05, 3.63) is 267 Å². The first-order valence-electron chi connectivity index (χ1n) is 25.1. The Morgan fingerprint density at radius 3 is 1.04 bits per heavy atom. The van der Waals surface area contributed by atoms with Gasteiger partial charge in [-0.3, -0.25) is 0 Å². The van der Waals surface area contributed by atoms with Crippen molar-refractivity contribution in [3.63, 3.8) is 0 Å². The summed E-state index contributed by atoms with van der Waals surface area (Å²) in [5.41, 5.74) is 16.8. The van der Waals surface area contributed by atoms with Gasteiger partial charge < -0.3 is 9.13 Å². The summed E-state index contributed by atoms with van der Waals surface area (Å²) in [5, 5.41) is 43.7. The molecule has 0 bridgehead atoms. The average Bonchev–Trinajstić information content (AvgIpc) is 3.48. The third kappa shape index (κ3) is 8.42. The summed E-state index contributed by atoms with van der Waals surface area (Å²) >= 11 is 0. The Morgan fingerprint density at radius 1 is 0.321 bits per heavy atom. The minimum absolute atomic E-state index is 0.336. The van der Waals surface area contributed by atoms with Crippen LogP contribution in [0.1, 0.15) is 27.8 Å². The number of hydrogen-bond donors (Lipinski definition) is 0. The SMILES string of the molecule is [C-]#[N+]c1cc(C#N)cc(-c2ccc3c(c2)c2cc(-c4cc(C#N)cc([N+]#[C-])c4)ccc2n3-c2ccc(-c3cccc(C#N)c3)c(-n3c4ccc(-c5cc(C#N)cc([N+]#[C-])c5)cc4c4cc(-c5cc([N+]#[C-])cc([N+]#[C-])c5)ccc43)c2C)c1. The van der Waals surface area contributed by atoms with Crippen LogP contribution in [0.5, 0.6) is 0 Å². The first kappa shape index (κ1) is 49.1. The van der Waals surface area contributed by atoms with Crippen molar-refractivity contribution >= 4 is 72.0 Å². The Balaban J connectivity index is 1.18. The zero-order valence-electron chi connectivity index (χ0n) is 42.7. The zero-order chi connectivity index (χ0) is 56.1. The van der Waals surface area contributed by atoms with Gasteiger partial charge in [-0.1, -0.05) is 60.7 Å². The number of benzene rings is 10. The largest absolute Gasteiger partial charge is 0.309 e. The molecule has 2 heterocycles. The van der Waals surface area contributed by atoms with Gasteiger partial charge in [0.1, 0.15) is 0 Å². The van der Waals surface area contributed by atoms with E-state index in [0.717, 1.165) is 93.9 Å². The van der Waals surface area contributed by atoms with Crippen molar-refractivity contribution in [1.29, 1.82) is 21.0 Å². The minimum atomic E-state index is 0.336. The molecule has 0 saturated carbocycles. The molecular weight excluding hydrogens is 995 g/mol. The molecular formula is C70H33N11. The molecule has 0 fully saturated rings. The average molecular weight is 1030 g/mol. The fraction of sp³-hybridized carbons (Fsp3) is 0.0143. The molecule has 12 rings (SSSR count). The van der Waals surface area contributed by atoms with E-state index >= 15 is 0 Å². The monoisotopic (exact) mass is 1030 g/mol. The van der Waals surface area contributed by atoms with E-state index < -0.39 is 0 Å². The van der Waals surface area contributed by atoms with Gasteiger partial charge in [-0.25, -0.2) is 24.2 Å². The third-order valence-corrected chi connectivity index (χ3v) is 14.7. The molecule has 11 nitrogen and oxygen atoms in total. The van der Waals surface area contributed by atoms with Crippen LogP contribution in [0, 0.1) is 85.1 Å². The molecule has 12 aromatic rings. The van der Waals surface area contributed by atoms with Gasteiger partial charge in [0.2, 0.25) is 0 Å². The summed E-state index contributed by atoms with van der Waals surface area (Å²) in [7, 11) is 0. The molecule has 0 radical (unpaired) electrons. The Labute approximate surface area is 465 Å². The van der Waals surface area contributed by atoms with Crippen LogP contribution in [-0.2, 0) is 0 Å². The summed E-state index contributed by atoms with van der Waals surface area (Å²) in [4.78, 5) is 18.4. The lowest BCUT2D eigenvalue weighted by Crippen LogP contribution is -2.06. The molecule has 0 amide bonds. The van der Waals surface area contributed by atoms with Gasteiger partial charge in [0.15, 0.2) is 28.4 Å². The highest BCUT2D eigenvalue weighted by Gasteiger charge is 2.24. The second-order valence-electron chi connectivity index (χ2n) is 19.3. The van der Waals surface area contributed by atoms with Crippen LogP contribution >= 0.6 is 0 Å².